The minimum absolute atomic E-state index is 0.0386. The third-order valence-corrected chi connectivity index (χ3v) is 3.66. The number of carbonyl (C=O) groups excluding carboxylic acids is 2. The summed E-state index contributed by atoms with van der Waals surface area (Å²) in [6.45, 7) is 3.80. The van der Waals surface area contributed by atoms with Gasteiger partial charge in [0, 0.05) is 22.7 Å². The summed E-state index contributed by atoms with van der Waals surface area (Å²) in [5.74, 6) is -0.0386. The molecule has 1 unspecified atom stereocenters. The number of ether oxygens (including phenoxy) is 1. The number of benzene rings is 1. The molecule has 22 heavy (non-hydrogen) atoms. The van der Waals surface area contributed by atoms with E-state index in [-0.39, 0.29) is 18.1 Å². The molecule has 8 heteroatoms. The number of nitrogens with zero attached hydrogens (tertiary/aromatic N) is 4. The van der Waals surface area contributed by atoms with Crippen LogP contribution in [0, 0.1) is 0 Å². The van der Waals surface area contributed by atoms with Crippen LogP contribution in [-0.4, -0.2) is 24.6 Å². The predicted molar refractivity (Wildman–Crippen MR) is 79.3 cm³/mol. The van der Waals surface area contributed by atoms with Crippen molar-refractivity contribution in [1.29, 1.82) is 0 Å². The highest BCUT2D eigenvalue weighted by atomic mass is 16.6. The first-order valence-corrected chi connectivity index (χ1v) is 6.73. The van der Waals surface area contributed by atoms with E-state index >= 15 is 0 Å². The van der Waals surface area contributed by atoms with E-state index in [9.17, 15) is 9.59 Å². The second kappa shape index (κ2) is 5.42. The summed E-state index contributed by atoms with van der Waals surface area (Å²) in [4.78, 5) is 27.5. The molecule has 8 nitrogen and oxygen atoms in total. The van der Waals surface area contributed by atoms with E-state index in [1.54, 1.807) is 12.1 Å². The Labute approximate surface area is 126 Å². The molecule has 1 N–H and O–H groups in total. The largest absolute Gasteiger partial charge is 0.439 e. The van der Waals surface area contributed by atoms with E-state index in [0.29, 0.717) is 24.2 Å². The molecule has 1 atom stereocenters. The number of carbonyl (C=O) groups is 2. The number of hydrogen-bond donors (Lipinski definition) is 1. The second-order valence-electron chi connectivity index (χ2n) is 5.05. The first-order valence-electron chi connectivity index (χ1n) is 6.73. The number of cyclic esters (lactones) is 1. The highest BCUT2D eigenvalue weighted by Gasteiger charge is 2.34. The number of nitrogens with one attached hydrogen (secondary N) is 1. The summed E-state index contributed by atoms with van der Waals surface area (Å²) in [5.41, 5.74) is 10.9. The summed E-state index contributed by atoms with van der Waals surface area (Å²) in [7, 11) is 0. The Hall–Kier alpha value is -2.99. The summed E-state index contributed by atoms with van der Waals surface area (Å²) in [6.07, 6.45) is -0.0654. The van der Waals surface area contributed by atoms with E-state index in [1.165, 1.54) is 4.90 Å². The fourth-order valence-electron chi connectivity index (χ4n) is 2.50. The number of anilines is 2. The summed E-state index contributed by atoms with van der Waals surface area (Å²) >= 11 is 0. The van der Waals surface area contributed by atoms with Gasteiger partial charge in [0.15, 0.2) is 0 Å². The molecular weight excluding hydrogens is 286 g/mol. The van der Waals surface area contributed by atoms with Crippen molar-refractivity contribution in [2.45, 2.75) is 18.9 Å². The Kier molecular flexibility index (Phi) is 3.44. The molecule has 1 aromatic carbocycles. The Balaban J connectivity index is 1.84. The monoisotopic (exact) mass is 299 g/mol. The number of rotatable bonds is 3. The lowest BCUT2D eigenvalue weighted by molar-refractivity contribution is -0.116. The average molecular weight is 299 g/mol. The molecule has 2 heterocycles. The first-order chi connectivity index (χ1) is 10.6. The molecule has 0 spiro atoms. The van der Waals surface area contributed by atoms with Gasteiger partial charge in [0.1, 0.15) is 6.10 Å². The molecule has 2 aliphatic heterocycles. The second-order valence-corrected chi connectivity index (χ2v) is 5.05. The van der Waals surface area contributed by atoms with Crippen LogP contribution in [0.2, 0.25) is 0 Å². The van der Waals surface area contributed by atoms with Crippen molar-refractivity contribution in [3.63, 3.8) is 0 Å². The van der Waals surface area contributed by atoms with Gasteiger partial charge in [-0.2, -0.15) is 0 Å². The SMILES string of the molecule is C=C(N=[N+]=[N-])C1CN(c2ccc3c(c2)NC(=O)CC3)C(=O)O1. The van der Waals surface area contributed by atoms with E-state index in [4.69, 9.17) is 10.3 Å². The van der Waals surface area contributed by atoms with Crippen molar-refractivity contribution >= 4 is 23.4 Å². The third kappa shape index (κ3) is 2.47. The molecule has 0 bridgehead atoms. The van der Waals surface area contributed by atoms with Crippen molar-refractivity contribution < 1.29 is 14.3 Å². The molecule has 112 valence electrons. The number of aryl methyl sites for hydroxylation is 1. The maximum absolute atomic E-state index is 12.0. The lowest BCUT2D eigenvalue weighted by Gasteiger charge is -2.20. The molecule has 3 rings (SSSR count). The van der Waals surface area contributed by atoms with Crippen LogP contribution >= 0.6 is 0 Å². The van der Waals surface area contributed by atoms with Crippen LogP contribution in [0.25, 0.3) is 10.4 Å². The van der Waals surface area contributed by atoms with Gasteiger partial charge in [-0.15, -0.1) is 0 Å². The highest BCUT2D eigenvalue weighted by Crippen LogP contribution is 2.31. The summed E-state index contributed by atoms with van der Waals surface area (Å²) < 4.78 is 5.14. The van der Waals surface area contributed by atoms with E-state index < -0.39 is 12.2 Å². The van der Waals surface area contributed by atoms with E-state index in [1.807, 2.05) is 6.07 Å². The lowest BCUT2D eigenvalue weighted by Crippen LogP contribution is -2.25. The van der Waals surface area contributed by atoms with Crippen LogP contribution in [0.5, 0.6) is 0 Å². The van der Waals surface area contributed by atoms with Gasteiger partial charge >= 0.3 is 6.09 Å². The summed E-state index contributed by atoms with van der Waals surface area (Å²) in [6, 6.07) is 5.43. The Morgan fingerprint density at radius 2 is 2.27 bits per heavy atom. The molecule has 1 saturated heterocycles. The van der Waals surface area contributed by atoms with E-state index in [0.717, 1.165) is 5.56 Å². The molecule has 2 amide bonds. The lowest BCUT2D eigenvalue weighted by atomic mass is 10.0. The maximum atomic E-state index is 12.0. The number of amides is 2. The highest BCUT2D eigenvalue weighted by molar-refractivity contribution is 5.96. The van der Waals surface area contributed by atoms with Crippen LogP contribution in [-0.2, 0) is 16.0 Å². The third-order valence-electron chi connectivity index (χ3n) is 3.66. The van der Waals surface area contributed by atoms with E-state index in [2.05, 4.69) is 21.9 Å². The first kappa shape index (κ1) is 14.0. The fraction of sp³-hybridized carbons (Fsp3) is 0.286. The van der Waals surface area contributed by atoms with Crippen LogP contribution in [0.1, 0.15) is 12.0 Å². The van der Waals surface area contributed by atoms with Crippen LogP contribution < -0.4 is 10.2 Å². The van der Waals surface area contributed by atoms with Gasteiger partial charge in [0.2, 0.25) is 5.91 Å². The minimum Gasteiger partial charge on any atom is -0.439 e. The standard InChI is InChI=1S/C14H13N5O3/c1-8(17-18-15)12-7-19(14(21)22-12)10-4-2-9-3-5-13(20)16-11(9)6-10/h2,4,6,12H,1,3,5,7H2,(H,16,20). The van der Waals surface area contributed by atoms with Crippen LogP contribution in [0.15, 0.2) is 35.6 Å². The smallest absolute Gasteiger partial charge is 0.415 e. The molecule has 0 radical (unpaired) electrons. The van der Waals surface area contributed by atoms with Crippen molar-refractivity contribution in [3.8, 4) is 0 Å². The van der Waals surface area contributed by atoms with Crippen molar-refractivity contribution in [3.05, 3.63) is 46.5 Å². The Morgan fingerprint density at radius 1 is 1.45 bits per heavy atom. The number of azide groups is 1. The number of fused-ring (bicyclic) bond motifs is 1. The zero-order valence-corrected chi connectivity index (χ0v) is 11.7. The minimum atomic E-state index is -0.672. The van der Waals surface area contributed by atoms with Gasteiger partial charge in [-0.1, -0.05) is 17.8 Å². The predicted octanol–water partition coefficient (Wildman–Crippen LogP) is 2.72. The molecule has 0 aromatic heterocycles. The maximum Gasteiger partial charge on any atom is 0.415 e. The van der Waals surface area contributed by atoms with Crippen molar-refractivity contribution in [2.75, 3.05) is 16.8 Å². The Bertz CT molecular complexity index is 723. The molecule has 2 aliphatic rings. The van der Waals surface area contributed by atoms with Crippen molar-refractivity contribution in [2.24, 2.45) is 5.11 Å². The van der Waals surface area contributed by atoms with Gasteiger partial charge in [0.05, 0.1) is 12.2 Å². The molecule has 1 fully saturated rings. The zero-order chi connectivity index (χ0) is 15.7. The molecular formula is C14H13N5O3. The van der Waals surface area contributed by atoms with Gasteiger partial charge in [-0.3, -0.25) is 9.69 Å². The topological polar surface area (TPSA) is 107 Å². The van der Waals surface area contributed by atoms with Crippen LogP contribution in [0.4, 0.5) is 16.2 Å². The van der Waals surface area contributed by atoms with Crippen LogP contribution in [0.3, 0.4) is 0 Å². The van der Waals surface area contributed by atoms with Gasteiger partial charge in [0.25, 0.3) is 0 Å². The molecule has 0 saturated carbocycles. The molecule has 1 aromatic rings. The normalized spacial score (nSPS) is 19.8. The number of hydrogen-bond acceptors (Lipinski definition) is 4. The average Bonchev–Trinajstić information content (AvgIpc) is 2.89. The van der Waals surface area contributed by atoms with Gasteiger partial charge < -0.3 is 10.1 Å². The van der Waals surface area contributed by atoms with Crippen molar-refractivity contribution in [1.82, 2.24) is 0 Å². The molecule has 0 aliphatic carbocycles. The quantitative estimate of drug-likeness (QED) is 0.526. The van der Waals surface area contributed by atoms with Gasteiger partial charge in [-0.25, -0.2) is 4.79 Å². The van der Waals surface area contributed by atoms with Gasteiger partial charge in [-0.05, 0) is 29.6 Å². The summed E-state index contributed by atoms with van der Waals surface area (Å²) in [5, 5.41) is 6.17. The zero-order valence-electron chi connectivity index (χ0n) is 11.7. The Morgan fingerprint density at radius 3 is 3.05 bits per heavy atom. The fourth-order valence-corrected chi connectivity index (χ4v) is 2.50.